The number of benzene rings is 2. The van der Waals surface area contributed by atoms with Gasteiger partial charge in [-0.25, -0.2) is 4.79 Å². The molecule has 0 amide bonds. The zero-order valence-electron chi connectivity index (χ0n) is 13.0. The minimum absolute atomic E-state index is 0.284. The van der Waals surface area contributed by atoms with Gasteiger partial charge in [-0.15, -0.1) is 5.10 Å². The number of hydrogen-bond acceptors (Lipinski definition) is 5. The van der Waals surface area contributed by atoms with Crippen LogP contribution in [0.25, 0.3) is 17.0 Å². The lowest BCUT2D eigenvalue weighted by Crippen LogP contribution is -2.26. The summed E-state index contributed by atoms with van der Waals surface area (Å²) in [6.07, 6.45) is 2.97. The molecule has 0 fully saturated rings. The first-order valence-corrected chi connectivity index (χ1v) is 7.37. The number of aryl methyl sites for hydroxylation is 1. The van der Waals surface area contributed by atoms with Crippen molar-refractivity contribution in [2.24, 2.45) is 0 Å². The van der Waals surface area contributed by atoms with Crippen molar-refractivity contribution in [3.63, 3.8) is 0 Å². The summed E-state index contributed by atoms with van der Waals surface area (Å²) in [6.45, 7) is 1.69. The van der Waals surface area contributed by atoms with Gasteiger partial charge >= 0.3 is 5.97 Å². The number of fused-ring (bicyclic) bond motifs is 1. The van der Waals surface area contributed by atoms with Gasteiger partial charge in [-0.2, -0.15) is 4.68 Å². The van der Waals surface area contributed by atoms with Crippen LogP contribution in [-0.4, -0.2) is 21.0 Å². The lowest BCUT2D eigenvalue weighted by Gasteiger charge is -2.04. The molecular weight excluding hydrogens is 306 g/mol. The summed E-state index contributed by atoms with van der Waals surface area (Å²) >= 11 is 0. The molecule has 24 heavy (non-hydrogen) atoms. The third-order valence-electron chi connectivity index (χ3n) is 3.41. The Morgan fingerprint density at radius 1 is 1.21 bits per heavy atom. The van der Waals surface area contributed by atoms with E-state index in [0.29, 0.717) is 10.9 Å². The van der Waals surface area contributed by atoms with Crippen LogP contribution in [0.4, 0.5) is 0 Å². The number of aromatic nitrogens is 3. The predicted molar refractivity (Wildman–Crippen MR) is 90.1 cm³/mol. The second-order valence-corrected chi connectivity index (χ2v) is 5.25. The maximum Gasteiger partial charge on any atom is 0.332 e. The van der Waals surface area contributed by atoms with Crippen LogP contribution in [-0.2, 0) is 16.3 Å². The van der Waals surface area contributed by atoms with Crippen LogP contribution in [0.15, 0.2) is 59.4 Å². The Morgan fingerprint density at radius 3 is 2.88 bits per heavy atom. The number of esters is 1. The highest BCUT2D eigenvalue weighted by atomic mass is 16.5. The normalized spacial score (nSPS) is 11.0. The minimum Gasteiger partial charge on any atom is -0.439 e. The summed E-state index contributed by atoms with van der Waals surface area (Å²) in [4.78, 5) is 24.0. The highest BCUT2D eigenvalue weighted by Gasteiger charge is 2.06. The number of rotatable bonds is 4. The van der Waals surface area contributed by atoms with E-state index in [1.54, 1.807) is 30.3 Å². The molecule has 0 unspecified atom stereocenters. The number of carbonyl (C=O) groups is 1. The van der Waals surface area contributed by atoms with Crippen LogP contribution in [0, 0.1) is 6.92 Å². The third-order valence-corrected chi connectivity index (χ3v) is 3.41. The summed E-state index contributed by atoms with van der Waals surface area (Å²) in [5.74, 6) is -0.557. The molecule has 2 aromatic carbocycles. The molecule has 120 valence electrons. The van der Waals surface area contributed by atoms with E-state index in [2.05, 4.69) is 10.3 Å². The third kappa shape index (κ3) is 3.55. The fraction of sp³-hybridized carbons (Fsp3) is 0.111. The van der Waals surface area contributed by atoms with E-state index >= 15 is 0 Å². The molecule has 1 aromatic heterocycles. The van der Waals surface area contributed by atoms with Gasteiger partial charge in [0, 0.05) is 6.08 Å². The maximum atomic E-state index is 12.2. The van der Waals surface area contributed by atoms with Crippen LogP contribution < -0.4 is 5.56 Å². The zero-order chi connectivity index (χ0) is 16.9. The van der Waals surface area contributed by atoms with Crippen molar-refractivity contribution in [2.45, 2.75) is 13.7 Å². The standard InChI is InChI=1S/C18H15N3O3/c1-13-5-4-6-14(11-13)9-10-17(22)24-12-21-18(23)15-7-2-3-8-16(15)19-20-21/h2-11H,12H2,1H3/b10-9+. The van der Waals surface area contributed by atoms with Crippen LogP contribution >= 0.6 is 0 Å². The SMILES string of the molecule is Cc1cccc(/C=C/C(=O)OCn2nnc3ccccc3c2=O)c1. The summed E-state index contributed by atoms with van der Waals surface area (Å²) in [5, 5.41) is 8.12. The zero-order valence-corrected chi connectivity index (χ0v) is 13.0. The van der Waals surface area contributed by atoms with E-state index in [0.717, 1.165) is 15.8 Å². The molecule has 6 nitrogen and oxygen atoms in total. The van der Waals surface area contributed by atoms with Gasteiger partial charge < -0.3 is 4.74 Å². The van der Waals surface area contributed by atoms with E-state index in [4.69, 9.17) is 4.74 Å². The second-order valence-electron chi connectivity index (χ2n) is 5.25. The molecule has 0 aliphatic rings. The van der Waals surface area contributed by atoms with Gasteiger partial charge in [-0.3, -0.25) is 4.79 Å². The minimum atomic E-state index is -0.557. The first-order valence-electron chi connectivity index (χ1n) is 7.37. The topological polar surface area (TPSA) is 74.1 Å². The molecule has 6 heteroatoms. The van der Waals surface area contributed by atoms with Crippen molar-refractivity contribution in [2.75, 3.05) is 0 Å². The van der Waals surface area contributed by atoms with E-state index in [-0.39, 0.29) is 12.3 Å². The van der Waals surface area contributed by atoms with Gasteiger partial charge in [-0.1, -0.05) is 47.2 Å². The molecule has 0 N–H and O–H groups in total. The molecule has 0 atom stereocenters. The first kappa shape index (κ1) is 15.6. The largest absolute Gasteiger partial charge is 0.439 e. The first-order chi connectivity index (χ1) is 11.6. The number of ether oxygens (including phenoxy) is 1. The van der Waals surface area contributed by atoms with E-state index < -0.39 is 5.97 Å². The molecule has 0 aliphatic heterocycles. The highest BCUT2D eigenvalue weighted by Crippen LogP contribution is 2.06. The van der Waals surface area contributed by atoms with Crippen LogP contribution in [0.5, 0.6) is 0 Å². The average molecular weight is 321 g/mol. The van der Waals surface area contributed by atoms with Crippen molar-refractivity contribution in [1.29, 1.82) is 0 Å². The average Bonchev–Trinajstić information content (AvgIpc) is 2.60. The van der Waals surface area contributed by atoms with Gasteiger partial charge in [0.2, 0.25) is 0 Å². The molecule has 0 spiro atoms. The van der Waals surface area contributed by atoms with Crippen molar-refractivity contribution in [3.8, 4) is 0 Å². The molecule has 0 saturated heterocycles. The van der Waals surface area contributed by atoms with E-state index in [1.165, 1.54) is 6.08 Å². The quantitative estimate of drug-likeness (QED) is 0.544. The Hall–Kier alpha value is -3.28. The number of nitrogens with zero attached hydrogens (tertiary/aromatic N) is 3. The summed E-state index contributed by atoms with van der Waals surface area (Å²) < 4.78 is 6.06. The fourth-order valence-electron chi connectivity index (χ4n) is 2.22. The molecule has 0 radical (unpaired) electrons. The molecule has 1 heterocycles. The van der Waals surface area contributed by atoms with E-state index in [9.17, 15) is 9.59 Å². The summed E-state index contributed by atoms with van der Waals surface area (Å²) in [5.41, 5.74) is 2.15. The molecule has 0 saturated carbocycles. The molecular formula is C18H15N3O3. The van der Waals surface area contributed by atoms with Crippen molar-refractivity contribution in [3.05, 3.63) is 76.1 Å². The lowest BCUT2D eigenvalue weighted by molar-refractivity contribution is -0.141. The highest BCUT2D eigenvalue weighted by molar-refractivity contribution is 5.87. The predicted octanol–water partition coefficient (Wildman–Crippen LogP) is 2.31. The monoisotopic (exact) mass is 321 g/mol. The fourth-order valence-corrected chi connectivity index (χ4v) is 2.22. The number of hydrogen-bond donors (Lipinski definition) is 0. The summed E-state index contributed by atoms with van der Waals surface area (Å²) in [6, 6.07) is 14.6. The van der Waals surface area contributed by atoms with Crippen molar-refractivity contribution >= 4 is 22.9 Å². The molecule has 3 rings (SSSR count). The Balaban J connectivity index is 1.68. The van der Waals surface area contributed by atoms with Crippen molar-refractivity contribution < 1.29 is 9.53 Å². The molecule has 0 aliphatic carbocycles. The van der Waals surface area contributed by atoms with Gasteiger partial charge in [0.15, 0.2) is 6.73 Å². The van der Waals surface area contributed by atoms with Crippen LogP contribution in [0.3, 0.4) is 0 Å². The maximum absolute atomic E-state index is 12.2. The van der Waals surface area contributed by atoms with Crippen molar-refractivity contribution in [1.82, 2.24) is 15.0 Å². The Bertz CT molecular complexity index is 976. The van der Waals surface area contributed by atoms with Crippen LogP contribution in [0.1, 0.15) is 11.1 Å². The van der Waals surface area contributed by atoms with Gasteiger partial charge in [-0.05, 0) is 30.7 Å². The number of carbonyl (C=O) groups excluding carboxylic acids is 1. The van der Waals surface area contributed by atoms with Crippen LogP contribution in [0.2, 0.25) is 0 Å². The second kappa shape index (κ2) is 6.87. The Labute approximate surface area is 138 Å². The lowest BCUT2D eigenvalue weighted by atomic mass is 10.1. The van der Waals surface area contributed by atoms with Gasteiger partial charge in [0.05, 0.1) is 5.39 Å². The Morgan fingerprint density at radius 2 is 2.04 bits per heavy atom. The Kier molecular flexibility index (Phi) is 4.47. The van der Waals surface area contributed by atoms with E-state index in [1.807, 2.05) is 31.2 Å². The molecule has 0 bridgehead atoms. The smallest absolute Gasteiger partial charge is 0.332 e. The summed E-state index contributed by atoms with van der Waals surface area (Å²) in [7, 11) is 0. The van der Waals surface area contributed by atoms with Gasteiger partial charge in [0.1, 0.15) is 5.52 Å². The van der Waals surface area contributed by atoms with Gasteiger partial charge in [0.25, 0.3) is 5.56 Å². The molecule has 3 aromatic rings.